The molecule has 0 aliphatic carbocycles. The van der Waals surface area contributed by atoms with Crippen molar-refractivity contribution < 1.29 is 19.4 Å². The molecule has 6 heteroatoms. The fraction of sp³-hybridized carbons (Fsp3) is 0.375. The van der Waals surface area contributed by atoms with Crippen molar-refractivity contribution >= 4 is 23.8 Å². The number of carbonyl (C=O) groups excluding carboxylic acids is 2. The fourth-order valence-electron chi connectivity index (χ4n) is 2.35. The van der Waals surface area contributed by atoms with Crippen LogP contribution in [0.5, 0.6) is 5.75 Å². The minimum Gasteiger partial charge on any atom is -0.507 e. The third-order valence-corrected chi connectivity index (χ3v) is 3.62. The van der Waals surface area contributed by atoms with Crippen molar-refractivity contribution in [3.05, 3.63) is 29.5 Å². The van der Waals surface area contributed by atoms with Crippen molar-refractivity contribution in [2.45, 2.75) is 20.8 Å². The van der Waals surface area contributed by atoms with Crippen LogP contribution in [0.15, 0.2) is 24.0 Å². The topological polar surface area (TPSA) is 70.1 Å². The quantitative estimate of drug-likeness (QED) is 0.847. The molecule has 118 valence electrons. The number of likely N-dealkylation sites (N-methyl/N-ethyl adjacent to an activating group) is 1. The Morgan fingerprint density at radius 2 is 1.91 bits per heavy atom. The van der Waals surface area contributed by atoms with Gasteiger partial charge in [0.05, 0.1) is 0 Å². The number of ether oxygens (including phenoxy) is 1. The number of phenolic OH excluding ortho intramolecular Hbond substituents is 1. The molecule has 0 atom stereocenters. The van der Waals surface area contributed by atoms with Crippen molar-refractivity contribution in [3.63, 3.8) is 0 Å². The summed E-state index contributed by atoms with van der Waals surface area (Å²) >= 11 is 0. The highest BCUT2D eigenvalue weighted by molar-refractivity contribution is 6.10. The smallest absolute Gasteiger partial charge is 0.422 e. The first-order valence-corrected chi connectivity index (χ1v) is 7.35. The number of anilines is 1. The SMILES string of the molecule is CCN1C(=O)O/C(=C/c2ccc(N(CC)CC)cc2O)C1=O. The third-order valence-electron chi connectivity index (χ3n) is 3.62. The number of rotatable bonds is 5. The highest BCUT2D eigenvalue weighted by atomic mass is 16.6. The van der Waals surface area contributed by atoms with Crippen LogP contribution < -0.4 is 4.90 Å². The van der Waals surface area contributed by atoms with Crippen LogP contribution in [0.2, 0.25) is 0 Å². The van der Waals surface area contributed by atoms with Crippen LogP contribution in [0.4, 0.5) is 10.5 Å². The van der Waals surface area contributed by atoms with E-state index in [2.05, 4.69) is 4.90 Å². The number of carbonyl (C=O) groups is 2. The standard InChI is InChI=1S/C16H20N2O4/c1-4-17(5-2)12-8-7-11(13(19)10-12)9-14-15(20)18(6-3)16(21)22-14/h7-10,19H,4-6H2,1-3H3/b14-9+. The molecule has 1 N–H and O–H groups in total. The molecule has 2 rings (SSSR count). The predicted molar refractivity (Wildman–Crippen MR) is 83.5 cm³/mol. The summed E-state index contributed by atoms with van der Waals surface area (Å²) in [6.45, 7) is 7.68. The number of benzene rings is 1. The molecule has 1 heterocycles. The number of nitrogens with zero attached hydrogens (tertiary/aromatic N) is 2. The van der Waals surface area contributed by atoms with E-state index in [0.717, 1.165) is 23.7 Å². The van der Waals surface area contributed by atoms with Crippen LogP contribution >= 0.6 is 0 Å². The van der Waals surface area contributed by atoms with Gasteiger partial charge < -0.3 is 14.7 Å². The van der Waals surface area contributed by atoms with E-state index in [4.69, 9.17) is 4.74 Å². The number of hydrogen-bond donors (Lipinski definition) is 1. The first kappa shape index (κ1) is 15.9. The molecule has 0 aromatic heterocycles. The highest BCUT2D eigenvalue weighted by Gasteiger charge is 2.35. The average Bonchev–Trinajstić information content (AvgIpc) is 2.77. The molecule has 1 aromatic rings. The van der Waals surface area contributed by atoms with Gasteiger partial charge in [-0.3, -0.25) is 4.79 Å². The van der Waals surface area contributed by atoms with Gasteiger partial charge in [0.25, 0.3) is 5.91 Å². The number of imide groups is 1. The van der Waals surface area contributed by atoms with Gasteiger partial charge in [-0.2, -0.15) is 0 Å². The van der Waals surface area contributed by atoms with Crippen LogP contribution in [0.25, 0.3) is 6.08 Å². The van der Waals surface area contributed by atoms with Crippen LogP contribution in [0, 0.1) is 0 Å². The molecule has 0 spiro atoms. The minimum absolute atomic E-state index is 0.0377. The van der Waals surface area contributed by atoms with Gasteiger partial charge in [-0.15, -0.1) is 0 Å². The van der Waals surface area contributed by atoms with E-state index in [-0.39, 0.29) is 18.1 Å². The molecule has 0 radical (unpaired) electrons. The lowest BCUT2D eigenvalue weighted by Crippen LogP contribution is -2.28. The average molecular weight is 304 g/mol. The normalized spacial score (nSPS) is 16.3. The summed E-state index contributed by atoms with van der Waals surface area (Å²) in [4.78, 5) is 26.5. The number of amides is 2. The van der Waals surface area contributed by atoms with Crippen LogP contribution in [0.1, 0.15) is 26.3 Å². The molecule has 1 saturated heterocycles. The minimum atomic E-state index is -0.682. The lowest BCUT2D eigenvalue weighted by Gasteiger charge is -2.21. The van der Waals surface area contributed by atoms with Crippen molar-refractivity contribution in [2.75, 3.05) is 24.5 Å². The lowest BCUT2D eigenvalue weighted by atomic mass is 10.1. The number of aromatic hydroxyl groups is 1. The first-order chi connectivity index (χ1) is 10.5. The van der Waals surface area contributed by atoms with E-state index in [1.807, 2.05) is 19.9 Å². The zero-order valence-corrected chi connectivity index (χ0v) is 13.0. The monoisotopic (exact) mass is 304 g/mol. The van der Waals surface area contributed by atoms with Crippen molar-refractivity contribution in [1.29, 1.82) is 0 Å². The molecule has 22 heavy (non-hydrogen) atoms. The summed E-state index contributed by atoms with van der Waals surface area (Å²) < 4.78 is 4.93. The van der Waals surface area contributed by atoms with Crippen molar-refractivity contribution in [3.8, 4) is 5.75 Å². The molecule has 1 aliphatic heterocycles. The Morgan fingerprint density at radius 1 is 1.23 bits per heavy atom. The second-order valence-corrected chi connectivity index (χ2v) is 4.84. The van der Waals surface area contributed by atoms with E-state index in [1.165, 1.54) is 6.08 Å². The zero-order chi connectivity index (χ0) is 16.3. The van der Waals surface area contributed by atoms with Crippen molar-refractivity contribution in [2.24, 2.45) is 0 Å². The highest BCUT2D eigenvalue weighted by Crippen LogP contribution is 2.28. The zero-order valence-electron chi connectivity index (χ0n) is 13.0. The maximum Gasteiger partial charge on any atom is 0.422 e. The van der Waals surface area contributed by atoms with Crippen molar-refractivity contribution in [1.82, 2.24) is 4.90 Å². The predicted octanol–water partition coefficient (Wildman–Crippen LogP) is 2.58. The number of hydrogen-bond acceptors (Lipinski definition) is 5. The molecule has 0 unspecified atom stereocenters. The Bertz CT molecular complexity index is 621. The van der Waals surface area contributed by atoms with Crippen LogP contribution in [0.3, 0.4) is 0 Å². The van der Waals surface area contributed by atoms with E-state index >= 15 is 0 Å². The Kier molecular flexibility index (Phi) is 4.70. The maximum atomic E-state index is 12.0. The molecule has 2 amide bonds. The van der Waals surface area contributed by atoms with E-state index < -0.39 is 12.0 Å². The Hall–Kier alpha value is -2.50. The Morgan fingerprint density at radius 3 is 2.41 bits per heavy atom. The molecule has 1 fully saturated rings. The first-order valence-electron chi connectivity index (χ1n) is 7.35. The fourth-order valence-corrected chi connectivity index (χ4v) is 2.35. The number of cyclic esters (lactones) is 1. The molecule has 0 bridgehead atoms. The van der Waals surface area contributed by atoms with Gasteiger partial charge in [0.15, 0.2) is 5.76 Å². The van der Waals surface area contributed by atoms with E-state index in [9.17, 15) is 14.7 Å². The maximum absolute atomic E-state index is 12.0. The Labute approximate surface area is 129 Å². The summed E-state index contributed by atoms with van der Waals surface area (Å²) in [6.07, 6.45) is 0.704. The summed E-state index contributed by atoms with van der Waals surface area (Å²) in [7, 11) is 0. The second-order valence-electron chi connectivity index (χ2n) is 4.84. The molecule has 1 aromatic carbocycles. The Balaban J connectivity index is 2.29. The third kappa shape index (κ3) is 2.90. The summed E-state index contributed by atoms with van der Waals surface area (Å²) in [6, 6.07) is 5.20. The largest absolute Gasteiger partial charge is 0.507 e. The summed E-state index contributed by atoms with van der Waals surface area (Å²) in [5.41, 5.74) is 1.33. The molecular formula is C16H20N2O4. The van der Waals surface area contributed by atoms with Gasteiger partial charge in [-0.05, 0) is 39.0 Å². The summed E-state index contributed by atoms with van der Waals surface area (Å²) in [5, 5.41) is 10.1. The van der Waals surface area contributed by atoms with Gasteiger partial charge >= 0.3 is 6.09 Å². The number of phenols is 1. The molecular weight excluding hydrogens is 284 g/mol. The second kappa shape index (κ2) is 6.51. The molecule has 1 aliphatic rings. The van der Waals surface area contributed by atoms with Gasteiger partial charge in [0.2, 0.25) is 0 Å². The lowest BCUT2D eigenvalue weighted by molar-refractivity contribution is -0.123. The molecule has 0 saturated carbocycles. The van der Waals surface area contributed by atoms with Gasteiger partial charge in [0, 0.05) is 37.0 Å². The van der Waals surface area contributed by atoms with Gasteiger partial charge in [0.1, 0.15) is 5.75 Å². The van der Waals surface area contributed by atoms with Crippen LogP contribution in [-0.2, 0) is 9.53 Å². The van der Waals surface area contributed by atoms with E-state index in [1.54, 1.807) is 19.1 Å². The van der Waals surface area contributed by atoms with E-state index in [0.29, 0.717) is 5.56 Å². The van der Waals surface area contributed by atoms with Gasteiger partial charge in [-0.1, -0.05) is 0 Å². The summed E-state index contributed by atoms with van der Waals surface area (Å²) in [5.74, 6) is -0.520. The van der Waals surface area contributed by atoms with Crippen LogP contribution in [-0.4, -0.2) is 41.6 Å². The van der Waals surface area contributed by atoms with Gasteiger partial charge in [-0.25, -0.2) is 9.69 Å². The molecule has 6 nitrogen and oxygen atoms in total.